The monoisotopic (exact) mass is 145 g/mol. The topological polar surface area (TPSA) is 26.0 Å². The first kappa shape index (κ1) is 11.0. The Morgan fingerprint density at radius 2 is 1.62 bits per heavy atom. The molecule has 2 N–H and O–H groups in total. The van der Waals surface area contributed by atoms with E-state index < -0.39 is 12.0 Å². The van der Waals surface area contributed by atoms with E-state index in [1.54, 1.807) is 0 Å². The van der Waals surface area contributed by atoms with Gasteiger partial charge < -0.3 is 5.73 Å². The molecule has 0 radical (unpaired) electrons. The molecule has 52 valence electrons. The lowest BCUT2D eigenvalue weighted by Crippen LogP contribution is -2.34. The molecule has 0 aliphatic rings. The van der Waals surface area contributed by atoms with Crippen molar-refractivity contribution in [3.05, 3.63) is 0 Å². The Labute approximate surface area is 53.7 Å². The molecule has 0 aromatic heterocycles. The first-order valence-electron chi connectivity index (χ1n) is 2.08. The molecule has 0 unspecified atom stereocenters. The van der Waals surface area contributed by atoms with Crippen LogP contribution in [-0.2, 0) is 0 Å². The Morgan fingerprint density at radius 1 is 1.50 bits per heavy atom. The summed E-state index contributed by atoms with van der Waals surface area (Å²) in [6.07, 6.45) is 0. The molecule has 0 amide bonds. The molecule has 0 aromatic rings. The summed E-state index contributed by atoms with van der Waals surface area (Å²) in [6, 6.07) is -1.03. The van der Waals surface area contributed by atoms with Crippen molar-refractivity contribution in [3.8, 4) is 0 Å². The minimum absolute atomic E-state index is 0. The van der Waals surface area contributed by atoms with Crippen LogP contribution in [0.25, 0.3) is 0 Å². The number of nitrogens with two attached hydrogens (primary N) is 1. The summed E-state index contributed by atoms with van der Waals surface area (Å²) in [6.45, 7) is 2.08. The van der Waals surface area contributed by atoms with Gasteiger partial charge in [0, 0.05) is 6.92 Å². The Balaban J connectivity index is 0. The Hall–Kier alpha value is 0.110. The molecule has 0 aliphatic heterocycles. The maximum absolute atomic E-state index is 11.7. The quantitative estimate of drug-likeness (QED) is 0.593. The first-order valence-corrected chi connectivity index (χ1v) is 2.08. The van der Waals surface area contributed by atoms with Crippen LogP contribution in [0.15, 0.2) is 0 Å². The van der Waals surface area contributed by atoms with Gasteiger partial charge in [-0.3, -0.25) is 0 Å². The Morgan fingerprint density at radius 3 is 1.62 bits per heavy atom. The highest BCUT2D eigenvalue weighted by atomic mass is 35.5. The van der Waals surface area contributed by atoms with E-state index in [9.17, 15) is 8.78 Å². The lowest BCUT2D eigenvalue weighted by atomic mass is 10.2. The molecule has 0 aliphatic carbocycles. The van der Waals surface area contributed by atoms with Crippen molar-refractivity contribution < 1.29 is 8.78 Å². The van der Waals surface area contributed by atoms with E-state index in [2.05, 4.69) is 0 Å². The van der Waals surface area contributed by atoms with Gasteiger partial charge in [0.25, 0.3) is 5.92 Å². The van der Waals surface area contributed by atoms with Gasteiger partial charge in [-0.15, -0.1) is 12.4 Å². The highest BCUT2D eigenvalue weighted by molar-refractivity contribution is 5.85. The van der Waals surface area contributed by atoms with Gasteiger partial charge in [0.2, 0.25) is 0 Å². The lowest BCUT2D eigenvalue weighted by molar-refractivity contribution is 0.000499. The van der Waals surface area contributed by atoms with Gasteiger partial charge in [0.15, 0.2) is 0 Å². The van der Waals surface area contributed by atoms with Crippen LogP contribution in [0.5, 0.6) is 0 Å². The maximum atomic E-state index is 11.7. The number of alkyl halides is 2. The van der Waals surface area contributed by atoms with Crippen LogP contribution in [0.1, 0.15) is 13.8 Å². The predicted octanol–water partition coefficient (Wildman–Crippen LogP) is 1.41. The summed E-state index contributed by atoms with van der Waals surface area (Å²) in [5, 5.41) is 0. The van der Waals surface area contributed by atoms with Crippen molar-refractivity contribution in [2.45, 2.75) is 25.8 Å². The van der Waals surface area contributed by atoms with E-state index in [4.69, 9.17) is 5.73 Å². The van der Waals surface area contributed by atoms with Crippen molar-refractivity contribution >= 4 is 12.4 Å². The molecule has 0 saturated carbocycles. The zero-order valence-corrected chi connectivity index (χ0v) is 5.64. The number of halogens is 3. The normalized spacial score (nSPS) is 14.6. The fourth-order valence-electron chi connectivity index (χ4n) is 0. The summed E-state index contributed by atoms with van der Waals surface area (Å²) in [7, 11) is 0. The first-order chi connectivity index (χ1) is 2.94. The lowest BCUT2D eigenvalue weighted by Gasteiger charge is -2.12. The second-order valence-corrected chi connectivity index (χ2v) is 1.74. The van der Waals surface area contributed by atoms with Gasteiger partial charge in [-0.1, -0.05) is 0 Å². The third-order valence-electron chi connectivity index (χ3n) is 0.800. The third-order valence-corrected chi connectivity index (χ3v) is 0.800. The molecular formula is C4H10ClF2N. The molecule has 0 fully saturated rings. The summed E-state index contributed by atoms with van der Waals surface area (Å²) in [5.41, 5.74) is 4.82. The highest BCUT2D eigenvalue weighted by Gasteiger charge is 2.25. The number of rotatable bonds is 1. The van der Waals surface area contributed by atoms with Crippen LogP contribution >= 0.6 is 12.4 Å². The molecule has 4 heteroatoms. The predicted molar refractivity (Wildman–Crippen MR) is 31.5 cm³/mol. The van der Waals surface area contributed by atoms with Crippen LogP contribution in [0.3, 0.4) is 0 Å². The van der Waals surface area contributed by atoms with Crippen molar-refractivity contribution in [2.75, 3.05) is 0 Å². The SMILES string of the molecule is C[C@@H](N)C(C)(F)F.Cl. The van der Waals surface area contributed by atoms with Crippen molar-refractivity contribution in [1.82, 2.24) is 0 Å². The molecule has 0 bridgehead atoms. The highest BCUT2D eigenvalue weighted by Crippen LogP contribution is 2.13. The van der Waals surface area contributed by atoms with Crippen LogP contribution in [0, 0.1) is 0 Å². The Bertz CT molecular complexity index is 59.5. The zero-order valence-electron chi connectivity index (χ0n) is 4.82. The average Bonchev–Trinajstić information content (AvgIpc) is 1.31. The number of hydrogen-bond acceptors (Lipinski definition) is 1. The maximum Gasteiger partial charge on any atom is 0.259 e. The Kier molecular flexibility index (Phi) is 4.39. The summed E-state index contributed by atoms with van der Waals surface area (Å²) < 4.78 is 23.4. The molecular weight excluding hydrogens is 136 g/mol. The van der Waals surface area contributed by atoms with Crippen LogP contribution in [0.2, 0.25) is 0 Å². The zero-order chi connectivity index (χ0) is 6.08. The van der Waals surface area contributed by atoms with Gasteiger partial charge >= 0.3 is 0 Å². The fraction of sp³-hybridized carbons (Fsp3) is 1.00. The molecule has 0 spiro atoms. The van der Waals surface area contributed by atoms with Crippen LogP contribution in [0.4, 0.5) is 8.78 Å². The van der Waals surface area contributed by atoms with E-state index in [0.29, 0.717) is 0 Å². The summed E-state index contributed by atoms with van der Waals surface area (Å²) >= 11 is 0. The van der Waals surface area contributed by atoms with Gasteiger partial charge in [-0.05, 0) is 6.92 Å². The van der Waals surface area contributed by atoms with E-state index >= 15 is 0 Å². The van der Waals surface area contributed by atoms with Gasteiger partial charge in [-0.25, -0.2) is 8.78 Å². The molecule has 0 rings (SSSR count). The average molecular weight is 146 g/mol. The second-order valence-electron chi connectivity index (χ2n) is 1.74. The second kappa shape index (κ2) is 3.20. The van der Waals surface area contributed by atoms with E-state index in [1.807, 2.05) is 0 Å². The van der Waals surface area contributed by atoms with Crippen molar-refractivity contribution in [1.29, 1.82) is 0 Å². The third kappa shape index (κ3) is 4.27. The summed E-state index contributed by atoms with van der Waals surface area (Å²) in [4.78, 5) is 0. The molecule has 0 heterocycles. The molecule has 0 saturated heterocycles. The minimum atomic E-state index is -2.72. The van der Waals surface area contributed by atoms with Crippen LogP contribution < -0.4 is 5.73 Å². The summed E-state index contributed by atoms with van der Waals surface area (Å²) in [5.74, 6) is -2.72. The van der Waals surface area contributed by atoms with Gasteiger partial charge in [-0.2, -0.15) is 0 Å². The van der Waals surface area contributed by atoms with Gasteiger partial charge in [0.1, 0.15) is 0 Å². The van der Waals surface area contributed by atoms with E-state index in [1.165, 1.54) is 6.92 Å². The standard InChI is InChI=1S/C4H9F2N.ClH/c1-3(7)4(2,5)6;/h3H,7H2,1-2H3;1H/t3-;/m1./s1. The van der Waals surface area contributed by atoms with Crippen LogP contribution in [-0.4, -0.2) is 12.0 Å². The van der Waals surface area contributed by atoms with E-state index in [0.717, 1.165) is 6.92 Å². The number of hydrogen-bond donors (Lipinski definition) is 1. The smallest absolute Gasteiger partial charge is 0.259 e. The molecule has 1 nitrogen and oxygen atoms in total. The molecule has 8 heavy (non-hydrogen) atoms. The molecule has 0 aromatic carbocycles. The fourth-order valence-corrected chi connectivity index (χ4v) is 0. The largest absolute Gasteiger partial charge is 0.323 e. The minimum Gasteiger partial charge on any atom is -0.323 e. The van der Waals surface area contributed by atoms with Gasteiger partial charge in [0.05, 0.1) is 6.04 Å². The van der Waals surface area contributed by atoms with Crippen molar-refractivity contribution in [3.63, 3.8) is 0 Å². The molecule has 1 atom stereocenters. The van der Waals surface area contributed by atoms with E-state index in [-0.39, 0.29) is 12.4 Å². The van der Waals surface area contributed by atoms with Crippen molar-refractivity contribution in [2.24, 2.45) is 5.73 Å².